The molecule has 0 heterocycles. The molecule has 0 N–H and O–H groups in total. The molecule has 2 aliphatic rings. The number of alkyl halides is 1. The SMILES string of the molecule is CCC1(Cl)C=CC=CC1C1C(=O)C=CC1=O. The van der Waals surface area contributed by atoms with Crippen LogP contribution in [-0.4, -0.2) is 16.4 Å². The summed E-state index contributed by atoms with van der Waals surface area (Å²) >= 11 is 6.47. The van der Waals surface area contributed by atoms with Crippen LogP contribution in [0.5, 0.6) is 0 Å². The zero-order valence-electron chi connectivity index (χ0n) is 9.02. The molecule has 2 aliphatic carbocycles. The molecule has 0 spiro atoms. The Labute approximate surface area is 99.7 Å². The molecule has 0 radical (unpaired) electrons. The maximum atomic E-state index is 11.7. The summed E-state index contributed by atoms with van der Waals surface area (Å²) in [7, 11) is 0. The predicted molar refractivity (Wildman–Crippen MR) is 63.3 cm³/mol. The third-order valence-electron chi connectivity index (χ3n) is 3.28. The van der Waals surface area contributed by atoms with Crippen LogP contribution in [0.15, 0.2) is 36.5 Å². The van der Waals surface area contributed by atoms with Gasteiger partial charge >= 0.3 is 0 Å². The first-order chi connectivity index (χ1) is 7.58. The molecule has 0 bridgehead atoms. The van der Waals surface area contributed by atoms with Gasteiger partial charge in [-0.25, -0.2) is 0 Å². The number of hydrogen-bond acceptors (Lipinski definition) is 2. The predicted octanol–water partition coefficient (Wildman–Crippen LogP) is 2.44. The molecular formula is C13H13ClO2. The van der Waals surface area contributed by atoms with E-state index in [9.17, 15) is 9.59 Å². The van der Waals surface area contributed by atoms with Gasteiger partial charge in [-0.2, -0.15) is 0 Å². The summed E-state index contributed by atoms with van der Waals surface area (Å²) in [6.07, 6.45) is 10.8. The fourth-order valence-corrected chi connectivity index (χ4v) is 2.55. The van der Waals surface area contributed by atoms with Crippen LogP contribution in [-0.2, 0) is 9.59 Å². The molecule has 16 heavy (non-hydrogen) atoms. The van der Waals surface area contributed by atoms with E-state index in [1.807, 2.05) is 31.2 Å². The van der Waals surface area contributed by atoms with E-state index >= 15 is 0 Å². The Morgan fingerprint density at radius 1 is 1.25 bits per heavy atom. The van der Waals surface area contributed by atoms with Crippen LogP contribution in [0.4, 0.5) is 0 Å². The Kier molecular flexibility index (Phi) is 2.85. The van der Waals surface area contributed by atoms with Crippen LogP contribution >= 0.6 is 11.6 Å². The lowest BCUT2D eigenvalue weighted by molar-refractivity contribution is -0.127. The van der Waals surface area contributed by atoms with Crippen molar-refractivity contribution in [3.63, 3.8) is 0 Å². The standard InChI is InChI=1S/C13H13ClO2/c1-2-13(14)8-4-3-5-9(13)12-10(15)6-7-11(12)16/h3-9,12H,2H2,1H3. The van der Waals surface area contributed by atoms with Crippen molar-refractivity contribution in [1.82, 2.24) is 0 Å². The molecule has 0 saturated heterocycles. The zero-order chi connectivity index (χ0) is 11.8. The third-order valence-corrected chi connectivity index (χ3v) is 3.93. The van der Waals surface area contributed by atoms with Gasteiger partial charge in [-0.1, -0.05) is 31.2 Å². The van der Waals surface area contributed by atoms with Gasteiger partial charge in [-0.3, -0.25) is 9.59 Å². The maximum absolute atomic E-state index is 11.7. The maximum Gasteiger partial charge on any atom is 0.167 e. The fraction of sp³-hybridized carbons (Fsp3) is 0.385. The number of carbonyl (C=O) groups excluding carboxylic acids is 2. The summed E-state index contributed by atoms with van der Waals surface area (Å²) < 4.78 is 0. The lowest BCUT2D eigenvalue weighted by Gasteiger charge is -2.34. The molecule has 2 nitrogen and oxygen atoms in total. The van der Waals surface area contributed by atoms with E-state index in [-0.39, 0.29) is 17.5 Å². The van der Waals surface area contributed by atoms with Crippen LogP contribution in [0.2, 0.25) is 0 Å². The molecule has 2 unspecified atom stereocenters. The van der Waals surface area contributed by atoms with Crippen molar-refractivity contribution in [1.29, 1.82) is 0 Å². The van der Waals surface area contributed by atoms with Crippen LogP contribution in [0.3, 0.4) is 0 Å². The van der Waals surface area contributed by atoms with E-state index in [4.69, 9.17) is 11.6 Å². The number of halogens is 1. The topological polar surface area (TPSA) is 34.1 Å². The molecule has 0 aromatic rings. The molecule has 2 atom stereocenters. The molecule has 0 saturated carbocycles. The van der Waals surface area contributed by atoms with E-state index in [1.54, 1.807) is 0 Å². The van der Waals surface area contributed by atoms with Gasteiger partial charge < -0.3 is 0 Å². The van der Waals surface area contributed by atoms with Gasteiger partial charge in [0.05, 0.1) is 10.8 Å². The van der Waals surface area contributed by atoms with E-state index in [0.29, 0.717) is 6.42 Å². The second-order valence-electron chi connectivity index (χ2n) is 4.17. The Bertz CT molecular complexity index is 402. The molecule has 0 aromatic heterocycles. The monoisotopic (exact) mass is 236 g/mol. The summed E-state index contributed by atoms with van der Waals surface area (Å²) in [6.45, 7) is 1.96. The largest absolute Gasteiger partial charge is 0.294 e. The van der Waals surface area contributed by atoms with Crippen molar-refractivity contribution in [2.45, 2.75) is 18.2 Å². The second-order valence-corrected chi connectivity index (χ2v) is 4.87. The van der Waals surface area contributed by atoms with E-state index in [0.717, 1.165) is 0 Å². The van der Waals surface area contributed by atoms with E-state index in [2.05, 4.69) is 0 Å². The summed E-state index contributed by atoms with van der Waals surface area (Å²) in [5.74, 6) is -1.13. The average molecular weight is 237 g/mol. The van der Waals surface area contributed by atoms with Crippen molar-refractivity contribution in [3.05, 3.63) is 36.5 Å². The molecule has 84 valence electrons. The highest BCUT2D eigenvalue weighted by molar-refractivity contribution is 6.27. The molecule has 3 heteroatoms. The Hall–Kier alpha value is -1.15. The molecule has 0 amide bonds. The third kappa shape index (κ3) is 1.67. The van der Waals surface area contributed by atoms with Crippen LogP contribution in [0, 0.1) is 11.8 Å². The first kappa shape index (κ1) is 11.3. The van der Waals surface area contributed by atoms with Crippen molar-refractivity contribution in [2.24, 2.45) is 11.8 Å². The normalized spacial score (nSPS) is 34.0. The number of rotatable bonds is 2. The molecule has 0 fully saturated rings. The first-order valence-electron chi connectivity index (χ1n) is 5.39. The Morgan fingerprint density at radius 3 is 2.44 bits per heavy atom. The highest BCUT2D eigenvalue weighted by Gasteiger charge is 2.44. The van der Waals surface area contributed by atoms with Crippen LogP contribution in [0.25, 0.3) is 0 Å². The number of ketones is 2. The van der Waals surface area contributed by atoms with Crippen LogP contribution in [0.1, 0.15) is 13.3 Å². The fourth-order valence-electron chi connectivity index (χ4n) is 2.28. The van der Waals surface area contributed by atoms with Gasteiger partial charge in [0, 0.05) is 5.92 Å². The summed E-state index contributed by atoms with van der Waals surface area (Å²) in [5, 5.41) is 0. The van der Waals surface area contributed by atoms with Gasteiger partial charge in [0.1, 0.15) is 0 Å². The number of hydrogen-bond donors (Lipinski definition) is 0. The Morgan fingerprint density at radius 2 is 1.88 bits per heavy atom. The van der Waals surface area contributed by atoms with Crippen molar-refractivity contribution in [3.8, 4) is 0 Å². The summed E-state index contributed by atoms with van der Waals surface area (Å²) in [5.41, 5.74) is 0. The molecule has 0 aromatic carbocycles. The first-order valence-corrected chi connectivity index (χ1v) is 5.77. The van der Waals surface area contributed by atoms with Crippen LogP contribution < -0.4 is 0 Å². The van der Waals surface area contributed by atoms with Gasteiger partial charge in [0.25, 0.3) is 0 Å². The number of carbonyl (C=O) groups is 2. The van der Waals surface area contributed by atoms with Crippen molar-refractivity contribution >= 4 is 23.2 Å². The number of allylic oxidation sites excluding steroid dienone is 6. The quantitative estimate of drug-likeness (QED) is 0.545. The molecule has 0 aliphatic heterocycles. The highest BCUT2D eigenvalue weighted by Crippen LogP contribution is 2.41. The van der Waals surface area contributed by atoms with Gasteiger partial charge in [0.15, 0.2) is 11.6 Å². The minimum absolute atomic E-state index is 0.131. The van der Waals surface area contributed by atoms with Gasteiger partial charge in [0.2, 0.25) is 0 Å². The zero-order valence-corrected chi connectivity index (χ0v) is 9.78. The van der Waals surface area contributed by atoms with Crippen molar-refractivity contribution in [2.75, 3.05) is 0 Å². The Balaban J connectivity index is 2.33. The molecular weight excluding hydrogens is 224 g/mol. The van der Waals surface area contributed by atoms with E-state index < -0.39 is 10.8 Å². The smallest absolute Gasteiger partial charge is 0.167 e. The van der Waals surface area contributed by atoms with E-state index in [1.165, 1.54) is 12.2 Å². The van der Waals surface area contributed by atoms with Gasteiger partial charge in [-0.15, -0.1) is 11.6 Å². The average Bonchev–Trinajstić information content (AvgIpc) is 2.60. The minimum Gasteiger partial charge on any atom is -0.294 e. The lowest BCUT2D eigenvalue weighted by atomic mass is 9.75. The highest BCUT2D eigenvalue weighted by atomic mass is 35.5. The lowest BCUT2D eigenvalue weighted by Crippen LogP contribution is -2.39. The summed E-state index contributed by atoms with van der Waals surface area (Å²) in [4.78, 5) is 22.7. The molecule has 2 rings (SSSR count). The summed E-state index contributed by atoms with van der Waals surface area (Å²) in [6, 6.07) is 0. The van der Waals surface area contributed by atoms with Crippen molar-refractivity contribution < 1.29 is 9.59 Å². The van der Waals surface area contributed by atoms with Gasteiger partial charge in [-0.05, 0) is 18.6 Å². The second kappa shape index (κ2) is 4.02. The minimum atomic E-state index is -0.626.